The zero-order valence-corrected chi connectivity index (χ0v) is 11.5. The van der Waals surface area contributed by atoms with Crippen molar-refractivity contribution in [2.45, 2.75) is 25.8 Å². The van der Waals surface area contributed by atoms with Crippen LogP contribution in [0.1, 0.15) is 41.1 Å². The van der Waals surface area contributed by atoms with Gasteiger partial charge in [-0.05, 0) is 36.6 Å². The zero-order valence-electron chi connectivity index (χ0n) is 11.5. The molecule has 2 aromatic rings. The predicted molar refractivity (Wildman–Crippen MR) is 76.4 cm³/mol. The number of carbonyl (C=O) groups excluding carboxylic acids is 1. The van der Waals surface area contributed by atoms with E-state index in [9.17, 15) is 4.79 Å². The lowest BCUT2D eigenvalue weighted by Crippen LogP contribution is -2.29. The van der Waals surface area contributed by atoms with Crippen molar-refractivity contribution in [3.63, 3.8) is 0 Å². The second-order valence-corrected chi connectivity index (χ2v) is 4.56. The smallest absolute Gasteiger partial charge is 0.252 e. The fraction of sp³-hybridized carbons (Fsp3) is 0.312. The maximum atomic E-state index is 12.4. The summed E-state index contributed by atoms with van der Waals surface area (Å²) in [5.74, 6) is 0.513. The van der Waals surface area contributed by atoms with Crippen LogP contribution in [0.15, 0.2) is 47.1 Å². The van der Waals surface area contributed by atoms with Crippen molar-refractivity contribution >= 4 is 5.91 Å². The molecule has 0 saturated carbocycles. The van der Waals surface area contributed by atoms with Gasteiger partial charge in [-0.1, -0.05) is 25.1 Å². The predicted octanol–water partition coefficient (Wildman–Crippen LogP) is 2.70. The van der Waals surface area contributed by atoms with Crippen LogP contribution in [0.2, 0.25) is 0 Å². The average molecular weight is 273 g/mol. The Morgan fingerprint density at radius 1 is 1.30 bits per heavy atom. The van der Waals surface area contributed by atoms with Crippen LogP contribution >= 0.6 is 0 Å². The summed E-state index contributed by atoms with van der Waals surface area (Å²) in [6.45, 7) is 2.00. The summed E-state index contributed by atoms with van der Waals surface area (Å²) in [6, 6.07) is 10.8. The van der Waals surface area contributed by atoms with Crippen molar-refractivity contribution in [2.24, 2.45) is 0 Å². The molecule has 1 aromatic heterocycles. The number of hydrogen-bond acceptors (Lipinski definition) is 3. The van der Waals surface area contributed by atoms with Gasteiger partial charge in [0.1, 0.15) is 5.76 Å². The van der Waals surface area contributed by atoms with E-state index < -0.39 is 0 Å². The maximum absolute atomic E-state index is 12.4. The van der Waals surface area contributed by atoms with Gasteiger partial charge in [-0.2, -0.15) is 0 Å². The van der Waals surface area contributed by atoms with Crippen molar-refractivity contribution < 1.29 is 14.3 Å². The Morgan fingerprint density at radius 2 is 2.10 bits per heavy atom. The summed E-state index contributed by atoms with van der Waals surface area (Å²) in [4.78, 5) is 12.4. The molecule has 2 N–H and O–H groups in total. The van der Waals surface area contributed by atoms with E-state index in [1.807, 2.05) is 31.2 Å². The minimum absolute atomic E-state index is 0.0128. The van der Waals surface area contributed by atoms with Crippen molar-refractivity contribution in [3.8, 4) is 0 Å². The van der Waals surface area contributed by atoms with Crippen LogP contribution in [0, 0.1) is 0 Å². The second kappa shape index (κ2) is 6.91. The molecule has 0 aliphatic rings. The van der Waals surface area contributed by atoms with Crippen molar-refractivity contribution in [2.75, 3.05) is 6.61 Å². The Bertz CT molecular complexity index is 549. The molecule has 0 spiro atoms. The lowest BCUT2D eigenvalue weighted by atomic mass is 10.0. The third-order valence-electron chi connectivity index (χ3n) is 3.25. The van der Waals surface area contributed by atoms with Gasteiger partial charge in [-0.15, -0.1) is 0 Å². The number of aliphatic hydroxyl groups is 1. The third-order valence-corrected chi connectivity index (χ3v) is 3.25. The molecule has 106 valence electrons. The normalized spacial score (nSPS) is 12.1. The number of carbonyl (C=O) groups is 1. The van der Waals surface area contributed by atoms with Gasteiger partial charge in [0.25, 0.3) is 5.91 Å². The summed E-state index contributed by atoms with van der Waals surface area (Å²) in [5, 5.41) is 12.0. The molecule has 0 fully saturated rings. The van der Waals surface area contributed by atoms with Gasteiger partial charge in [0.05, 0.1) is 12.3 Å². The quantitative estimate of drug-likeness (QED) is 0.850. The van der Waals surface area contributed by atoms with Crippen LogP contribution in [0.4, 0.5) is 0 Å². The van der Waals surface area contributed by atoms with Crippen molar-refractivity contribution in [1.29, 1.82) is 0 Å². The molecule has 4 nitrogen and oxygen atoms in total. The molecule has 0 aliphatic heterocycles. The first-order chi connectivity index (χ1) is 9.76. The van der Waals surface area contributed by atoms with Gasteiger partial charge in [-0.3, -0.25) is 4.79 Å². The van der Waals surface area contributed by atoms with Crippen molar-refractivity contribution in [3.05, 3.63) is 59.5 Å². The Hall–Kier alpha value is -2.07. The molecule has 1 amide bonds. The standard InChI is InChI=1S/C16H19NO3/c1-2-12-6-3-4-7-13(12)16(19)17-14(9-10-18)15-8-5-11-20-15/h3-8,11,14,18H,2,9-10H2,1H3,(H,17,19)/t14-/m0/s1. The number of hydrogen-bond donors (Lipinski definition) is 2. The SMILES string of the molecule is CCc1ccccc1C(=O)N[C@@H](CCO)c1ccco1. The highest BCUT2D eigenvalue weighted by molar-refractivity contribution is 5.95. The molecule has 0 radical (unpaired) electrons. The molecule has 1 aromatic carbocycles. The molecular formula is C16H19NO3. The van der Waals surface area contributed by atoms with E-state index >= 15 is 0 Å². The number of furan rings is 1. The Balaban J connectivity index is 2.16. The molecular weight excluding hydrogens is 254 g/mol. The summed E-state index contributed by atoms with van der Waals surface area (Å²) < 4.78 is 5.32. The van der Waals surface area contributed by atoms with E-state index in [-0.39, 0.29) is 18.6 Å². The second-order valence-electron chi connectivity index (χ2n) is 4.56. The molecule has 0 bridgehead atoms. The lowest BCUT2D eigenvalue weighted by molar-refractivity contribution is 0.0922. The monoisotopic (exact) mass is 273 g/mol. The molecule has 1 atom stereocenters. The lowest BCUT2D eigenvalue weighted by Gasteiger charge is -2.16. The summed E-state index contributed by atoms with van der Waals surface area (Å²) in [6.07, 6.45) is 2.79. The van der Waals surface area contributed by atoms with Gasteiger partial charge < -0.3 is 14.8 Å². The molecule has 20 heavy (non-hydrogen) atoms. The van der Waals surface area contributed by atoms with Gasteiger partial charge >= 0.3 is 0 Å². The van der Waals surface area contributed by atoms with Crippen LogP contribution in [0.3, 0.4) is 0 Å². The highest BCUT2D eigenvalue weighted by Crippen LogP contribution is 2.18. The number of rotatable bonds is 6. The number of amides is 1. The van der Waals surface area contributed by atoms with Crippen LogP contribution in [-0.2, 0) is 6.42 Å². The maximum Gasteiger partial charge on any atom is 0.252 e. The largest absolute Gasteiger partial charge is 0.467 e. The van der Waals surface area contributed by atoms with E-state index in [0.29, 0.717) is 17.7 Å². The Morgan fingerprint density at radius 3 is 2.75 bits per heavy atom. The van der Waals surface area contributed by atoms with Gasteiger partial charge in [0, 0.05) is 12.2 Å². The van der Waals surface area contributed by atoms with E-state index in [4.69, 9.17) is 9.52 Å². The van der Waals surface area contributed by atoms with E-state index in [1.54, 1.807) is 18.4 Å². The number of nitrogens with one attached hydrogen (secondary N) is 1. The van der Waals surface area contributed by atoms with Crippen LogP contribution in [0.25, 0.3) is 0 Å². The van der Waals surface area contributed by atoms with Crippen molar-refractivity contribution in [1.82, 2.24) is 5.32 Å². The number of aryl methyl sites for hydroxylation is 1. The molecule has 2 rings (SSSR count). The summed E-state index contributed by atoms with van der Waals surface area (Å²) in [5.41, 5.74) is 1.68. The van der Waals surface area contributed by atoms with E-state index in [2.05, 4.69) is 5.32 Å². The molecule has 0 saturated heterocycles. The Labute approximate surface area is 118 Å². The highest BCUT2D eigenvalue weighted by atomic mass is 16.3. The fourth-order valence-corrected chi connectivity index (χ4v) is 2.19. The fourth-order valence-electron chi connectivity index (χ4n) is 2.19. The highest BCUT2D eigenvalue weighted by Gasteiger charge is 2.18. The molecule has 1 heterocycles. The average Bonchev–Trinajstić information content (AvgIpc) is 3.00. The summed E-state index contributed by atoms with van der Waals surface area (Å²) >= 11 is 0. The van der Waals surface area contributed by atoms with Gasteiger partial charge in [0.15, 0.2) is 0 Å². The topological polar surface area (TPSA) is 62.5 Å². The van der Waals surface area contributed by atoms with E-state index in [0.717, 1.165) is 12.0 Å². The number of benzene rings is 1. The number of aliphatic hydroxyl groups excluding tert-OH is 1. The summed E-state index contributed by atoms with van der Waals surface area (Å²) in [7, 11) is 0. The van der Waals surface area contributed by atoms with Crippen LogP contribution < -0.4 is 5.32 Å². The minimum atomic E-state index is -0.313. The van der Waals surface area contributed by atoms with Gasteiger partial charge in [-0.25, -0.2) is 0 Å². The first-order valence-electron chi connectivity index (χ1n) is 6.79. The van der Waals surface area contributed by atoms with Gasteiger partial charge in [0.2, 0.25) is 0 Å². The molecule has 0 aliphatic carbocycles. The Kier molecular flexibility index (Phi) is 4.96. The molecule has 0 unspecified atom stereocenters. The zero-order chi connectivity index (χ0) is 14.4. The van der Waals surface area contributed by atoms with Crippen LogP contribution in [-0.4, -0.2) is 17.6 Å². The first-order valence-corrected chi connectivity index (χ1v) is 6.79. The third kappa shape index (κ3) is 3.27. The first kappa shape index (κ1) is 14.3. The van der Waals surface area contributed by atoms with Crippen LogP contribution in [0.5, 0.6) is 0 Å². The van der Waals surface area contributed by atoms with E-state index in [1.165, 1.54) is 0 Å². The minimum Gasteiger partial charge on any atom is -0.467 e. The molecule has 4 heteroatoms.